The van der Waals surface area contributed by atoms with Crippen LogP contribution in [0, 0.1) is 0 Å². The summed E-state index contributed by atoms with van der Waals surface area (Å²) >= 11 is 0. The molecule has 0 radical (unpaired) electrons. The van der Waals surface area contributed by atoms with E-state index in [0.29, 0.717) is 0 Å². The predicted molar refractivity (Wildman–Crippen MR) is 55.9 cm³/mol. The summed E-state index contributed by atoms with van der Waals surface area (Å²) in [5.74, 6) is 1.05. The Kier molecular flexibility index (Phi) is 1.62. The maximum absolute atomic E-state index is 3.35. The highest BCUT2D eigenvalue weighted by molar-refractivity contribution is 5.71. The number of hydrogen-bond donors (Lipinski definition) is 3. The van der Waals surface area contributed by atoms with Gasteiger partial charge in [-0.2, -0.15) is 0 Å². The van der Waals surface area contributed by atoms with Crippen LogP contribution in [-0.4, -0.2) is 4.98 Å². The standard InChI is InChI=1S/C10H15N3/c1-10(2,3)8-6-7-9(13-8)12-5-4-11-7/h4-6,11-13H,1-3H3. The van der Waals surface area contributed by atoms with Gasteiger partial charge in [0.1, 0.15) is 5.82 Å². The van der Waals surface area contributed by atoms with Crippen LogP contribution >= 0.6 is 0 Å². The largest absolute Gasteiger partial charge is 0.357 e. The van der Waals surface area contributed by atoms with Crippen molar-refractivity contribution in [1.82, 2.24) is 4.98 Å². The maximum Gasteiger partial charge on any atom is 0.131 e. The molecule has 70 valence electrons. The number of aromatic amines is 1. The monoisotopic (exact) mass is 177 g/mol. The van der Waals surface area contributed by atoms with E-state index in [4.69, 9.17) is 0 Å². The average Bonchev–Trinajstić information content (AvgIpc) is 2.45. The van der Waals surface area contributed by atoms with Crippen molar-refractivity contribution in [3.05, 3.63) is 24.2 Å². The first-order valence-corrected chi connectivity index (χ1v) is 4.49. The molecule has 0 saturated heterocycles. The first-order valence-electron chi connectivity index (χ1n) is 4.49. The molecule has 3 N–H and O–H groups in total. The van der Waals surface area contributed by atoms with Crippen molar-refractivity contribution in [1.29, 1.82) is 0 Å². The van der Waals surface area contributed by atoms with Gasteiger partial charge in [-0.3, -0.25) is 0 Å². The highest BCUT2D eigenvalue weighted by atomic mass is 15.1. The quantitative estimate of drug-likeness (QED) is 0.570. The zero-order valence-electron chi connectivity index (χ0n) is 8.23. The van der Waals surface area contributed by atoms with Gasteiger partial charge < -0.3 is 15.6 Å². The van der Waals surface area contributed by atoms with Crippen molar-refractivity contribution in [2.75, 3.05) is 10.6 Å². The van der Waals surface area contributed by atoms with Gasteiger partial charge in [-0.05, 0) is 6.07 Å². The first-order chi connectivity index (χ1) is 6.07. The molecule has 13 heavy (non-hydrogen) atoms. The molecule has 0 bridgehead atoms. The summed E-state index contributed by atoms with van der Waals surface area (Å²) < 4.78 is 0. The lowest BCUT2D eigenvalue weighted by Crippen LogP contribution is -2.11. The van der Waals surface area contributed by atoms with Gasteiger partial charge in [0, 0.05) is 23.5 Å². The number of anilines is 2. The van der Waals surface area contributed by atoms with Gasteiger partial charge in [0.25, 0.3) is 0 Å². The molecule has 1 aromatic rings. The number of H-pyrrole nitrogens is 1. The molecule has 2 heterocycles. The Balaban J connectivity index is 2.38. The van der Waals surface area contributed by atoms with Gasteiger partial charge in [-0.15, -0.1) is 0 Å². The van der Waals surface area contributed by atoms with Crippen LogP contribution in [0.2, 0.25) is 0 Å². The molecule has 1 aliphatic rings. The average molecular weight is 177 g/mol. The fraction of sp³-hybridized carbons (Fsp3) is 0.400. The third-order valence-corrected chi connectivity index (χ3v) is 2.18. The second kappa shape index (κ2) is 2.55. The normalized spacial score (nSPS) is 14.7. The second-order valence-corrected chi connectivity index (χ2v) is 4.34. The Bertz CT molecular complexity index is 316. The molecule has 0 saturated carbocycles. The van der Waals surface area contributed by atoms with Crippen LogP contribution in [-0.2, 0) is 5.41 Å². The van der Waals surface area contributed by atoms with E-state index in [0.717, 1.165) is 11.5 Å². The molecule has 0 atom stereocenters. The highest BCUT2D eigenvalue weighted by Gasteiger charge is 2.18. The van der Waals surface area contributed by atoms with E-state index in [2.05, 4.69) is 42.5 Å². The van der Waals surface area contributed by atoms with Crippen molar-refractivity contribution >= 4 is 11.5 Å². The third kappa shape index (κ3) is 1.41. The number of rotatable bonds is 0. The lowest BCUT2D eigenvalue weighted by molar-refractivity contribution is 0.573. The van der Waals surface area contributed by atoms with E-state index >= 15 is 0 Å². The van der Waals surface area contributed by atoms with Crippen molar-refractivity contribution in [3.8, 4) is 0 Å². The van der Waals surface area contributed by atoms with Crippen LogP contribution in [0.1, 0.15) is 26.5 Å². The van der Waals surface area contributed by atoms with Crippen LogP contribution in [0.4, 0.5) is 11.5 Å². The summed E-state index contributed by atoms with van der Waals surface area (Å²) in [6.45, 7) is 6.58. The summed E-state index contributed by atoms with van der Waals surface area (Å²) in [7, 11) is 0. The smallest absolute Gasteiger partial charge is 0.131 e. The summed E-state index contributed by atoms with van der Waals surface area (Å²) in [6.07, 6.45) is 3.77. The molecule has 0 aromatic carbocycles. The molecule has 0 aliphatic carbocycles. The molecule has 1 aliphatic heterocycles. The van der Waals surface area contributed by atoms with Crippen molar-refractivity contribution in [2.24, 2.45) is 0 Å². The number of aromatic nitrogens is 1. The van der Waals surface area contributed by atoms with Crippen molar-refractivity contribution in [2.45, 2.75) is 26.2 Å². The third-order valence-electron chi connectivity index (χ3n) is 2.18. The fourth-order valence-electron chi connectivity index (χ4n) is 1.34. The zero-order chi connectivity index (χ0) is 9.47. The second-order valence-electron chi connectivity index (χ2n) is 4.34. The van der Waals surface area contributed by atoms with Crippen LogP contribution in [0.15, 0.2) is 18.5 Å². The Hall–Kier alpha value is -1.38. The summed E-state index contributed by atoms with van der Waals surface area (Å²) in [5.41, 5.74) is 2.52. The van der Waals surface area contributed by atoms with Gasteiger partial charge in [0.15, 0.2) is 0 Å². The van der Waals surface area contributed by atoms with Crippen LogP contribution < -0.4 is 10.6 Å². The zero-order valence-corrected chi connectivity index (χ0v) is 8.23. The molecule has 3 heteroatoms. The SMILES string of the molecule is CC(C)(C)c1cc2c([nH]1)NC=CN2. The number of nitrogens with one attached hydrogen (secondary N) is 3. The Morgan fingerprint density at radius 2 is 1.77 bits per heavy atom. The highest BCUT2D eigenvalue weighted by Crippen LogP contribution is 2.31. The summed E-state index contributed by atoms with van der Waals surface area (Å²) in [4.78, 5) is 3.35. The minimum Gasteiger partial charge on any atom is -0.357 e. The molecular formula is C10H15N3. The van der Waals surface area contributed by atoms with Crippen molar-refractivity contribution < 1.29 is 0 Å². The van der Waals surface area contributed by atoms with E-state index in [1.54, 1.807) is 0 Å². The van der Waals surface area contributed by atoms with Gasteiger partial charge >= 0.3 is 0 Å². The van der Waals surface area contributed by atoms with E-state index in [-0.39, 0.29) is 5.41 Å². The Morgan fingerprint density at radius 3 is 2.38 bits per heavy atom. The molecular weight excluding hydrogens is 162 g/mol. The van der Waals surface area contributed by atoms with Gasteiger partial charge in [0.2, 0.25) is 0 Å². The molecule has 0 unspecified atom stereocenters. The maximum atomic E-state index is 3.35. The first kappa shape index (κ1) is 8.23. The minimum atomic E-state index is 0.167. The minimum absolute atomic E-state index is 0.167. The summed E-state index contributed by atoms with van der Waals surface area (Å²) in [6, 6.07) is 2.14. The lowest BCUT2D eigenvalue weighted by atomic mass is 9.92. The molecule has 0 amide bonds. The van der Waals surface area contributed by atoms with Crippen LogP contribution in [0.5, 0.6) is 0 Å². The van der Waals surface area contributed by atoms with E-state index < -0.39 is 0 Å². The predicted octanol–water partition coefficient (Wildman–Crippen LogP) is 2.62. The van der Waals surface area contributed by atoms with Gasteiger partial charge in [-0.25, -0.2) is 0 Å². The Labute approximate surface area is 78.2 Å². The van der Waals surface area contributed by atoms with Crippen molar-refractivity contribution in [3.63, 3.8) is 0 Å². The fourth-order valence-corrected chi connectivity index (χ4v) is 1.34. The van der Waals surface area contributed by atoms with Gasteiger partial charge in [0.05, 0.1) is 5.69 Å². The molecule has 0 spiro atoms. The molecule has 0 fully saturated rings. The van der Waals surface area contributed by atoms with E-state index in [1.165, 1.54) is 5.69 Å². The number of fused-ring (bicyclic) bond motifs is 1. The van der Waals surface area contributed by atoms with Gasteiger partial charge in [-0.1, -0.05) is 20.8 Å². The lowest BCUT2D eigenvalue weighted by Gasteiger charge is -2.15. The van der Waals surface area contributed by atoms with Crippen LogP contribution in [0.25, 0.3) is 0 Å². The summed E-state index contributed by atoms with van der Waals surface area (Å²) in [5, 5.41) is 6.34. The van der Waals surface area contributed by atoms with Crippen LogP contribution in [0.3, 0.4) is 0 Å². The topological polar surface area (TPSA) is 39.9 Å². The number of hydrogen-bond acceptors (Lipinski definition) is 2. The van der Waals surface area contributed by atoms with E-state index in [9.17, 15) is 0 Å². The molecule has 1 aromatic heterocycles. The van der Waals surface area contributed by atoms with E-state index in [1.807, 2.05) is 12.4 Å². The molecule has 2 rings (SSSR count). The molecule has 3 nitrogen and oxygen atoms in total. The Morgan fingerprint density at radius 1 is 1.08 bits per heavy atom.